The van der Waals surface area contributed by atoms with Crippen LogP contribution in [-0.4, -0.2) is 268 Å². The van der Waals surface area contributed by atoms with Crippen molar-refractivity contribution in [2.75, 3.05) is 113 Å². The lowest BCUT2D eigenvalue weighted by Crippen LogP contribution is -2.70. The number of aliphatic hydroxyl groups excluding tert-OH is 9. The highest BCUT2D eigenvalue weighted by Crippen LogP contribution is 2.39. The highest BCUT2D eigenvalue weighted by Gasteiger charge is 2.58. The lowest BCUT2D eigenvalue weighted by atomic mass is 9.91. The number of aliphatic hydroxyl groups is 9. The second-order valence-electron chi connectivity index (χ2n) is 16.3. The number of alkyl halides is 1. The summed E-state index contributed by atoms with van der Waals surface area (Å²) in [5.74, 6) is -4.11. The van der Waals surface area contributed by atoms with Gasteiger partial charge in [-0.25, -0.2) is 4.39 Å². The Morgan fingerprint density at radius 2 is 1.19 bits per heavy atom. The van der Waals surface area contributed by atoms with Crippen LogP contribution in [0.1, 0.15) is 46.5 Å². The molecule has 2 amide bonds. The quantitative estimate of drug-likeness (QED) is 0.0207. The number of amides is 2. The third-order valence-corrected chi connectivity index (χ3v) is 11.0. The Bertz CT molecular complexity index is 1390. The van der Waals surface area contributed by atoms with Crippen molar-refractivity contribution in [1.29, 1.82) is 0 Å². The molecule has 0 radical (unpaired) electrons. The largest absolute Gasteiger partial charge is 0.394 e. The molecule has 0 aromatic heterocycles. The van der Waals surface area contributed by atoms with E-state index in [2.05, 4.69) is 17.6 Å². The van der Waals surface area contributed by atoms with Crippen LogP contribution in [-0.2, 0) is 71.2 Å². The van der Waals surface area contributed by atoms with Crippen LogP contribution in [0.2, 0.25) is 0 Å². The van der Waals surface area contributed by atoms with E-state index in [1.165, 1.54) is 0 Å². The fraction of sp³-hybridized carbons (Fsp3) is 0.952. The second-order valence-corrected chi connectivity index (χ2v) is 16.3. The van der Waals surface area contributed by atoms with E-state index in [-0.39, 0.29) is 26.4 Å². The van der Waals surface area contributed by atoms with Crippen molar-refractivity contribution >= 4 is 11.8 Å². The smallest absolute Gasteiger partial charge is 0.288 e. The van der Waals surface area contributed by atoms with Gasteiger partial charge in [-0.15, -0.1) is 0 Å². The van der Waals surface area contributed by atoms with Crippen molar-refractivity contribution in [2.24, 2.45) is 0 Å². The number of rotatable bonds is 36. The minimum atomic E-state index is -2.76. The van der Waals surface area contributed by atoms with Crippen LogP contribution in [0.15, 0.2) is 0 Å². The molecule has 3 aliphatic heterocycles. The van der Waals surface area contributed by atoms with Gasteiger partial charge in [0, 0.05) is 20.5 Å². The van der Waals surface area contributed by atoms with Crippen LogP contribution < -0.4 is 10.6 Å². The summed E-state index contributed by atoms with van der Waals surface area (Å²) in [6.07, 6.45) is -22.0. The molecule has 3 aliphatic rings. The number of nitrogens with one attached hydrogen (secondary N) is 2. The van der Waals surface area contributed by atoms with E-state index < -0.39 is 143 Å². The molecule has 0 saturated carbocycles. The first kappa shape index (κ1) is 61.3. The molecule has 3 fully saturated rings. The van der Waals surface area contributed by atoms with Gasteiger partial charge in [0.2, 0.25) is 11.8 Å². The van der Waals surface area contributed by atoms with Gasteiger partial charge in [0.15, 0.2) is 18.8 Å². The number of unbranched alkanes of at least 4 members (excludes halogenated alkanes) is 2. The van der Waals surface area contributed by atoms with Crippen molar-refractivity contribution < 1.29 is 122 Å². The molecule has 0 aromatic carbocycles. The third kappa shape index (κ3) is 20.4. The monoisotopic (exact) mass is 1010 g/mol. The maximum atomic E-state index is 16.1. The molecular weight excluding hydrogens is 935 g/mol. The number of carbonyl (C=O) groups excluding carboxylic acids is 2. The van der Waals surface area contributed by atoms with Gasteiger partial charge in [-0.2, -0.15) is 0 Å². The Morgan fingerprint density at radius 3 is 1.68 bits per heavy atom. The van der Waals surface area contributed by atoms with Crippen LogP contribution >= 0.6 is 0 Å². The summed E-state index contributed by atoms with van der Waals surface area (Å²) in [7, 11) is 0. The fourth-order valence-electron chi connectivity index (χ4n) is 7.53. The minimum Gasteiger partial charge on any atom is -0.394 e. The number of halogens is 1. The van der Waals surface area contributed by atoms with Crippen LogP contribution in [0.3, 0.4) is 0 Å². The van der Waals surface area contributed by atoms with E-state index >= 15 is 4.39 Å². The number of hydrogen-bond donors (Lipinski definition) is 11. The normalized spacial score (nSPS) is 32.7. The summed E-state index contributed by atoms with van der Waals surface area (Å²) in [6, 6.07) is -2.86. The standard InChI is InChI=1S/C42H77FN2O24/c1-4-5-6-7-57-8-9-58-10-11-59-12-13-60-14-15-61-16-17-62-18-19-63-40-33(45-26(3)51)35(55)37(30(23-48)66-40)67-41-36(56)38(31(43)29(22-47)65-41)68-42(64-24-49)20-27(52)32(44-25(2)50)39(69-42)34(54)28(53)21-46/h27-41,46-49,52-56H,4-24H2,1-3H3,(H,44,50)(H,45,51)/t27?,28-,29?,30?,31+,32?,33?,34-,35-,36?,37-,38+,39?,40-,41+,42?/m1/s1. The van der Waals surface area contributed by atoms with Crippen LogP contribution in [0, 0.1) is 0 Å². The van der Waals surface area contributed by atoms with Gasteiger partial charge >= 0.3 is 0 Å². The van der Waals surface area contributed by atoms with E-state index in [9.17, 15) is 55.5 Å². The van der Waals surface area contributed by atoms with Gasteiger partial charge in [-0.05, 0) is 6.42 Å². The average Bonchev–Trinajstić information content (AvgIpc) is 3.32. The molecule has 3 saturated heterocycles. The molecule has 0 spiro atoms. The third-order valence-electron chi connectivity index (χ3n) is 11.0. The predicted molar refractivity (Wildman–Crippen MR) is 229 cm³/mol. The summed E-state index contributed by atoms with van der Waals surface area (Å²) in [4.78, 5) is 24.2. The van der Waals surface area contributed by atoms with Crippen molar-refractivity contribution in [3.8, 4) is 0 Å². The molecular formula is C42H77FN2O24. The average molecular weight is 1010 g/mol. The molecule has 0 aromatic rings. The Labute approximate surface area is 400 Å². The van der Waals surface area contributed by atoms with E-state index in [4.69, 9.17) is 61.6 Å². The van der Waals surface area contributed by atoms with Gasteiger partial charge in [0.1, 0.15) is 67.8 Å². The van der Waals surface area contributed by atoms with E-state index in [0.717, 1.165) is 39.7 Å². The molecule has 27 heteroatoms. The number of carbonyl (C=O) groups is 2. The van der Waals surface area contributed by atoms with Gasteiger partial charge in [-0.1, -0.05) is 19.8 Å². The van der Waals surface area contributed by atoms with Crippen molar-refractivity contribution in [3.63, 3.8) is 0 Å². The highest BCUT2D eigenvalue weighted by atomic mass is 19.1. The summed E-state index contributed by atoms with van der Waals surface area (Å²) in [5, 5.41) is 99.8. The maximum Gasteiger partial charge on any atom is 0.288 e. The summed E-state index contributed by atoms with van der Waals surface area (Å²) >= 11 is 0. The molecule has 69 heavy (non-hydrogen) atoms. The maximum absolute atomic E-state index is 16.1. The first-order valence-corrected chi connectivity index (χ1v) is 23.2. The van der Waals surface area contributed by atoms with Gasteiger partial charge in [0.25, 0.3) is 5.97 Å². The predicted octanol–water partition coefficient (Wildman–Crippen LogP) is -4.95. The van der Waals surface area contributed by atoms with E-state index in [1.807, 2.05) is 0 Å². The Morgan fingerprint density at radius 1 is 0.681 bits per heavy atom. The van der Waals surface area contributed by atoms with Gasteiger partial charge < -0.3 is 118 Å². The van der Waals surface area contributed by atoms with Crippen molar-refractivity contribution in [2.45, 2.75) is 144 Å². The molecule has 406 valence electrons. The Hall–Kier alpha value is -2.01. The molecule has 26 nitrogen and oxygen atoms in total. The van der Waals surface area contributed by atoms with Crippen molar-refractivity contribution in [3.05, 3.63) is 0 Å². The lowest BCUT2D eigenvalue weighted by molar-refractivity contribution is -0.465. The zero-order valence-electron chi connectivity index (χ0n) is 39.5. The molecule has 11 N–H and O–H groups in total. The zero-order chi connectivity index (χ0) is 50.8. The second kappa shape index (κ2) is 33.7. The molecule has 3 heterocycles. The highest BCUT2D eigenvalue weighted by molar-refractivity contribution is 5.73. The summed E-state index contributed by atoms with van der Waals surface area (Å²) in [6.45, 7) is 4.75. The molecule has 0 aliphatic carbocycles. The van der Waals surface area contributed by atoms with Crippen LogP contribution in [0.5, 0.6) is 0 Å². The SMILES string of the molecule is CCCCCOCCOCCOCCOCCOCCOCCO[C@@H]1OC(CO)[C@@H](O[C@@H]2OC(CO)[C@H](F)[C@H](OC3(OCO)CC(O)C(NC(C)=O)C([C@H](O)[C@H](O)CO)O3)C2O)[C@H](O)C1NC(C)=O. The Kier molecular flexibility index (Phi) is 29.9. The summed E-state index contributed by atoms with van der Waals surface area (Å²) < 4.78 is 88.8. The molecule has 0 bridgehead atoms. The topological polar surface area (TPSA) is 360 Å². The fourth-order valence-corrected chi connectivity index (χ4v) is 7.53. The number of ether oxygens (including phenoxy) is 13. The zero-order valence-corrected chi connectivity index (χ0v) is 39.5. The first-order chi connectivity index (χ1) is 33.2. The van der Waals surface area contributed by atoms with Gasteiger partial charge in [-0.3, -0.25) is 9.59 Å². The van der Waals surface area contributed by atoms with E-state index in [1.54, 1.807) is 0 Å². The van der Waals surface area contributed by atoms with Gasteiger partial charge in [0.05, 0.1) is 118 Å². The molecule has 3 rings (SSSR count). The Balaban J connectivity index is 1.51. The molecule has 8 unspecified atom stereocenters. The molecule has 16 atom stereocenters. The van der Waals surface area contributed by atoms with Crippen LogP contribution in [0.4, 0.5) is 4.39 Å². The van der Waals surface area contributed by atoms with Crippen molar-refractivity contribution in [1.82, 2.24) is 10.6 Å². The van der Waals surface area contributed by atoms with Crippen LogP contribution in [0.25, 0.3) is 0 Å². The summed E-state index contributed by atoms with van der Waals surface area (Å²) in [5.41, 5.74) is 0. The minimum absolute atomic E-state index is 0.0215. The first-order valence-electron chi connectivity index (χ1n) is 23.2. The lowest BCUT2D eigenvalue weighted by Gasteiger charge is -2.51. The number of hydrogen-bond acceptors (Lipinski definition) is 24. The van der Waals surface area contributed by atoms with E-state index in [0.29, 0.717) is 52.9 Å².